The summed E-state index contributed by atoms with van der Waals surface area (Å²) in [6.45, 7) is 0.554. The van der Waals surface area contributed by atoms with Crippen molar-refractivity contribution in [1.29, 1.82) is 0 Å². The maximum atomic E-state index is 12.6. The van der Waals surface area contributed by atoms with Gasteiger partial charge in [-0.1, -0.05) is 23.7 Å². The number of rotatable bonds is 2. The van der Waals surface area contributed by atoms with E-state index >= 15 is 0 Å². The highest BCUT2D eigenvalue weighted by molar-refractivity contribution is 6.35. The molecular formula is C16H12ClNO3. The highest BCUT2D eigenvalue weighted by Gasteiger charge is 2.27. The highest BCUT2D eigenvalue weighted by Crippen LogP contribution is 2.29. The molecule has 0 atom stereocenters. The van der Waals surface area contributed by atoms with E-state index < -0.39 is 5.97 Å². The smallest absolute Gasteiger partial charge is 0.335 e. The summed E-state index contributed by atoms with van der Waals surface area (Å²) in [6.07, 6.45) is 0.725. The van der Waals surface area contributed by atoms with E-state index in [-0.39, 0.29) is 11.5 Å². The summed E-state index contributed by atoms with van der Waals surface area (Å²) >= 11 is 6.13. The van der Waals surface area contributed by atoms with Crippen LogP contribution >= 0.6 is 11.6 Å². The first-order valence-corrected chi connectivity index (χ1v) is 6.88. The van der Waals surface area contributed by atoms with Gasteiger partial charge in [0.05, 0.1) is 16.1 Å². The van der Waals surface area contributed by atoms with Crippen LogP contribution in [0.2, 0.25) is 5.02 Å². The monoisotopic (exact) mass is 301 g/mol. The van der Waals surface area contributed by atoms with Gasteiger partial charge in [0, 0.05) is 12.2 Å². The summed E-state index contributed by atoms with van der Waals surface area (Å²) in [5.74, 6) is -1.13. The van der Waals surface area contributed by atoms with Gasteiger partial charge in [0.1, 0.15) is 0 Å². The average Bonchev–Trinajstić information content (AvgIpc) is 2.48. The van der Waals surface area contributed by atoms with Crippen LogP contribution in [0.5, 0.6) is 0 Å². The molecule has 5 heteroatoms. The molecule has 0 saturated carbocycles. The largest absolute Gasteiger partial charge is 0.478 e. The molecule has 1 N–H and O–H groups in total. The third-order valence-corrected chi connectivity index (χ3v) is 3.90. The number of benzene rings is 2. The van der Waals surface area contributed by atoms with Crippen LogP contribution in [-0.2, 0) is 6.42 Å². The van der Waals surface area contributed by atoms with Gasteiger partial charge in [0.15, 0.2) is 0 Å². The SMILES string of the molecule is O=C(O)c1ccc(N2CCc3cccc(Cl)c3C2=O)cc1. The number of carbonyl (C=O) groups is 2. The summed E-state index contributed by atoms with van der Waals surface area (Å²) in [5.41, 5.74) is 2.36. The number of hydrogen-bond donors (Lipinski definition) is 1. The molecule has 21 heavy (non-hydrogen) atoms. The second-order valence-electron chi connectivity index (χ2n) is 4.83. The predicted molar refractivity (Wildman–Crippen MR) is 80.2 cm³/mol. The molecule has 0 spiro atoms. The van der Waals surface area contributed by atoms with Gasteiger partial charge >= 0.3 is 5.97 Å². The lowest BCUT2D eigenvalue weighted by Gasteiger charge is -2.29. The van der Waals surface area contributed by atoms with Crippen molar-refractivity contribution in [2.24, 2.45) is 0 Å². The fourth-order valence-corrected chi connectivity index (χ4v) is 2.79. The van der Waals surface area contributed by atoms with Gasteiger partial charge in [-0.3, -0.25) is 4.79 Å². The Morgan fingerprint density at radius 3 is 2.52 bits per heavy atom. The maximum absolute atomic E-state index is 12.6. The van der Waals surface area contributed by atoms with E-state index in [0.717, 1.165) is 12.0 Å². The van der Waals surface area contributed by atoms with Gasteiger partial charge in [0.2, 0.25) is 0 Å². The quantitative estimate of drug-likeness (QED) is 0.926. The van der Waals surface area contributed by atoms with Crippen molar-refractivity contribution in [3.63, 3.8) is 0 Å². The number of aromatic carboxylic acids is 1. The minimum absolute atomic E-state index is 0.148. The van der Waals surface area contributed by atoms with E-state index in [0.29, 0.717) is 22.8 Å². The van der Waals surface area contributed by atoms with Crippen molar-refractivity contribution in [2.45, 2.75) is 6.42 Å². The maximum Gasteiger partial charge on any atom is 0.335 e. The summed E-state index contributed by atoms with van der Waals surface area (Å²) in [4.78, 5) is 25.1. The van der Waals surface area contributed by atoms with Crippen molar-refractivity contribution in [2.75, 3.05) is 11.4 Å². The standard InChI is InChI=1S/C16H12ClNO3/c17-13-3-1-2-10-8-9-18(15(19)14(10)13)12-6-4-11(5-7-12)16(20)21/h1-7H,8-9H2,(H,20,21). The van der Waals surface area contributed by atoms with E-state index in [9.17, 15) is 9.59 Å². The van der Waals surface area contributed by atoms with Gasteiger partial charge in [-0.05, 0) is 42.3 Å². The second-order valence-corrected chi connectivity index (χ2v) is 5.24. The minimum atomic E-state index is -0.986. The molecule has 0 bridgehead atoms. The number of carboxylic acid groups (broad SMARTS) is 1. The lowest BCUT2D eigenvalue weighted by molar-refractivity contribution is 0.0696. The van der Waals surface area contributed by atoms with Crippen LogP contribution in [0.3, 0.4) is 0 Å². The Labute approximate surface area is 126 Å². The molecule has 2 aromatic carbocycles. The molecule has 0 unspecified atom stereocenters. The molecule has 1 heterocycles. The normalized spacial score (nSPS) is 14.0. The summed E-state index contributed by atoms with van der Waals surface area (Å²) < 4.78 is 0. The van der Waals surface area contributed by atoms with E-state index in [2.05, 4.69) is 0 Å². The predicted octanol–water partition coefficient (Wildman–Crippen LogP) is 3.24. The van der Waals surface area contributed by atoms with Crippen molar-refractivity contribution in [1.82, 2.24) is 0 Å². The first-order valence-electron chi connectivity index (χ1n) is 6.50. The van der Waals surface area contributed by atoms with Crippen molar-refractivity contribution < 1.29 is 14.7 Å². The Bertz CT molecular complexity index is 725. The number of halogens is 1. The van der Waals surface area contributed by atoms with E-state index in [1.165, 1.54) is 12.1 Å². The Hall–Kier alpha value is -2.33. The van der Waals surface area contributed by atoms with Gasteiger partial charge < -0.3 is 10.0 Å². The molecule has 2 aromatic rings. The molecule has 0 fully saturated rings. The van der Waals surface area contributed by atoms with Gasteiger partial charge in [-0.2, -0.15) is 0 Å². The molecule has 0 radical (unpaired) electrons. The Balaban J connectivity index is 1.96. The second kappa shape index (κ2) is 5.22. The zero-order valence-corrected chi connectivity index (χ0v) is 11.8. The minimum Gasteiger partial charge on any atom is -0.478 e. The lowest BCUT2D eigenvalue weighted by atomic mass is 9.98. The number of nitrogens with zero attached hydrogens (tertiary/aromatic N) is 1. The van der Waals surface area contributed by atoms with Gasteiger partial charge in [-0.25, -0.2) is 4.79 Å². The van der Waals surface area contributed by atoms with Gasteiger partial charge in [-0.15, -0.1) is 0 Å². The molecule has 3 rings (SSSR count). The molecule has 106 valence electrons. The van der Waals surface area contributed by atoms with Crippen LogP contribution in [0.15, 0.2) is 42.5 Å². The number of carboxylic acids is 1. The molecular weight excluding hydrogens is 290 g/mol. The molecule has 1 aliphatic heterocycles. The first-order chi connectivity index (χ1) is 10.1. The first kappa shape index (κ1) is 13.6. The molecule has 1 aliphatic rings. The Morgan fingerprint density at radius 1 is 1.14 bits per heavy atom. The van der Waals surface area contributed by atoms with Crippen LogP contribution in [0.25, 0.3) is 0 Å². The third-order valence-electron chi connectivity index (χ3n) is 3.59. The van der Waals surface area contributed by atoms with Crippen LogP contribution in [0.1, 0.15) is 26.3 Å². The Kier molecular flexibility index (Phi) is 3.39. The molecule has 4 nitrogen and oxygen atoms in total. The fourth-order valence-electron chi connectivity index (χ4n) is 2.52. The Morgan fingerprint density at radius 2 is 1.86 bits per heavy atom. The lowest BCUT2D eigenvalue weighted by Crippen LogP contribution is -2.37. The molecule has 0 saturated heterocycles. The third kappa shape index (κ3) is 2.38. The summed E-state index contributed by atoms with van der Waals surface area (Å²) in [7, 11) is 0. The zero-order valence-electron chi connectivity index (χ0n) is 11.0. The van der Waals surface area contributed by atoms with Gasteiger partial charge in [0.25, 0.3) is 5.91 Å². The van der Waals surface area contributed by atoms with Crippen LogP contribution in [-0.4, -0.2) is 23.5 Å². The van der Waals surface area contributed by atoms with E-state index in [4.69, 9.17) is 16.7 Å². The summed E-state index contributed by atoms with van der Waals surface area (Å²) in [6, 6.07) is 11.7. The highest BCUT2D eigenvalue weighted by atomic mass is 35.5. The van der Waals surface area contributed by atoms with Crippen LogP contribution in [0.4, 0.5) is 5.69 Å². The topological polar surface area (TPSA) is 57.6 Å². The number of amides is 1. The number of anilines is 1. The van der Waals surface area contributed by atoms with Crippen molar-refractivity contribution >= 4 is 29.2 Å². The number of fused-ring (bicyclic) bond motifs is 1. The van der Waals surface area contributed by atoms with E-state index in [1.807, 2.05) is 12.1 Å². The number of carbonyl (C=O) groups excluding carboxylic acids is 1. The zero-order chi connectivity index (χ0) is 15.0. The van der Waals surface area contributed by atoms with Crippen molar-refractivity contribution in [3.05, 3.63) is 64.2 Å². The average molecular weight is 302 g/mol. The van der Waals surface area contributed by atoms with Crippen LogP contribution in [0, 0.1) is 0 Å². The fraction of sp³-hybridized carbons (Fsp3) is 0.125. The summed E-state index contributed by atoms with van der Waals surface area (Å²) in [5, 5.41) is 9.36. The van der Waals surface area contributed by atoms with Crippen LogP contribution < -0.4 is 4.90 Å². The molecule has 1 amide bonds. The van der Waals surface area contributed by atoms with Crippen molar-refractivity contribution in [3.8, 4) is 0 Å². The molecule has 0 aliphatic carbocycles. The molecule has 0 aromatic heterocycles. The number of hydrogen-bond acceptors (Lipinski definition) is 2. The van der Waals surface area contributed by atoms with E-state index in [1.54, 1.807) is 23.1 Å².